The van der Waals surface area contributed by atoms with E-state index in [2.05, 4.69) is 4.98 Å². The van der Waals surface area contributed by atoms with Crippen LogP contribution in [0.1, 0.15) is 24.3 Å². The molecule has 6 nitrogen and oxygen atoms in total. The summed E-state index contributed by atoms with van der Waals surface area (Å²) in [5.74, 6) is 1.10. The van der Waals surface area contributed by atoms with Gasteiger partial charge in [-0.1, -0.05) is 18.2 Å². The maximum atomic E-state index is 12.5. The Morgan fingerprint density at radius 3 is 2.71 bits per heavy atom. The standard InChI is InChI=1S/C14H16N2O4S/c1-2-19-10-14-15-12-8-16(9-13(12)20-14)21(17,18)11-6-4-3-5-7-11/h3-7H,2,8-10H2,1H3. The third-order valence-electron chi connectivity index (χ3n) is 3.28. The van der Waals surface area contributed by atoms with Crippen LogP contribution in [0.5, 0.6) is 0 Å². The Balaban J connectivity index is 1.77. The summed E-state index contributed by atoms with van der Waals surface area (Å²) in [6, 6.07) is 8.37. The van der Waals surface area contributed by atoms with E-state index >= 15 is 0 Å². The van der Waals surface area contributed by atoms with Crippen molar-refractivity contribution in [2.75, 3.05) is 6.61 Å². The molecule has 0 saturated heterocycles. The minimum absolute atomic E-state index is 0.214. The topological polar surface area (TPSA) is 72.6 Å². The van der Waals surface area contributed by atoms with Crippen LogP contribution in [-0.2, 0) is 34.5 Å². The molecule has 0 saturated carbocycles. The molecule has 0 bridgehead atoms. The Morgan fingerprint density at radius 1 is 1.29 bits per heavy atom. The van der Waals surface area contributed by atoms with Crippen molar-refractivity contribution in [3.8, 4) is 0 Å². The van der Waals surface area contributed by atoms with Gasteiger partial charge in [-0.05, 0) is 19.1 Å². The zero-order chi connectivity index (χ0) is 14.9. The van der Waals surface area contributed by atoms with Gasteiger partial charge in [0.15, 0.2) is 0 Å². The van der Waals surface area contributed by atoms with Crippen molar-refractivity contribution in [3.63, 3.8) is 0 Å². The Labute approximate surface area is 123 Å². The van der Waals surface area contributed by atoms with E-state index < -0.39 is 10.0 Å². The van der Waals surface area contributed by atoms with Gasteiger partial charge >= 0.3 is 0 Å². The Kier molecular flexibility index (Phi) is 3.79. The Morgan fingerprint density at radius 2 is 2.05 bits per heavy atom. The summed E-state index contributed by atoms with van der Waals surface area (Å²) in [5.41, 5.74) is 0.671. The normalized spacial score (nSPS) is 15.3. The molecule has 21 heavy (non-hydrogen) atoms. The second-order valence-electron chi connectivity index (χ2n) is 4.70. The first-order chi connectivity index (χ1) is 10.1. The number of aromatic nitrogens is 1. The Hall–Kier alpha value is -1.70. The number of nitrogens with zero attached hydrogens (tertiary/aromatic N) is 2. The lowest BCUT2D eigenvalue weighted by Crippen LogP contribution is -2.26. The monoisotopic (exact) mass is 308 g/mol. The maximum absolute atomic E-state index is 12.5. The fourth-order valence-corrected chi connectivity index (χ4v) is 3.61. The summed E-state index contributed by atoms with van der Waals surface area (Å²) >= 11 is 0. The molecule has 1 aromatic carbocycles. The first kappa shape index (κ1) is 14.2. The van der Waals surface area contributed by atoms with E-state index in [0.717, 1.165) is 0 Å². The van der Waals surface area contributed by atoms with Crippen molar-refractivity contribution in [2.24, 2.45) is 0 Å². The highest BCUT2D eigenvalue weighted by atomic mass is 32.2. The molecular formula is C14H16N2O4S. The molecule has 0 spiro atoms. The summed E-state index contributed by atoms with van der Waals surface area (Å²) in [6.45, 7) is 3.25. The van der Waals surface area contributed by atoms with Crippen LogP contribution in [0.15, 0.2) is 39.6 Å². The number of fused-ring (bicyclic) bond motifs is 1. The quantitative estimate of drug-likeness (QED) is 0.843. The number of sulfonamides is 1. The molecule has 0 aliphatic carbocycles. The Bertz CT molecular complexity index is 701. The van der Waals surface area contributed by atoms with Gasteiger partial charge < -0.3 is 9.15 Å². The number of ether oxygens (including phenoxy) is 1. The molecule has 0 unspecified atom stereocenters. The van der Waals surface area contributed by atoms with E-state index in [1.807, 2.05) is 6.92 Å². The second-order valence-corrected chi connectivity index (χ2v) is 6.64. The average molecular weight is 308 g/mol. The van der Waals surface area contributed by atoms with Crippen molar-refractivity contribution in [2.45, 2.75) is 31.5 Å². The zero-order valence-electron chi connectivity index (χ0n) is 11.7. The molecule has 1 aromatic heterocycles. The minimum Gasteiger partial charge on any atom is -0.441 e. The van der Waals surface area contributed by atoms with Gasteiger partial charge in [-0.15, -0.1) is 0 Å². The van der Waals surface area contributed by atoms with Crippen LogP contribution in [-0.4, -0.2) is 24.3 Å². The summed E-state index contributed by atoms with van der Waals surface area (Å²) in [7, 11) is -3.50. The predicted molar refractivity (Wildman–Crippen MR) is 74.7 cm³/mol. The van der Waals surface area contributed by atoms with Crippen LogP contribution < -0.4 is 0 Å². The van der Waals surface area contributed by atoms with Gasteiger partial charge in [-0.2, -0.15) is 4.31 Å². The van der Waals surface area contributed by atoms with Gasteiger partial charge in [0.2, 0.25) is 15.9 Å². The summed E-state index contributed by atoms with van der Waals surface area (Å²) in [5, 5.41) is 0. The van der Waals surface area contributed by atoms with Crippen molar-refractivity contribution in [3.05, 3.63) is 47.7 Å². The number of oxazole rings is 1. The lowest BCUT2D eigenvalue weighted by atomic mass is 10.4. The van der Waals surface area contributed by atoms with Gasteiger partial charge in [-0.3, -0.25) is 0 Å². The van der Waals surface area contributed by atoms with E-state index in [1.54, 1.807) is 30.3 Å². The SMILES string of the molecule is CCOCc1nc2c(o1)CN(S(=O)(=O)c1ccccc1)C2. The largest absolute Gasteiger partial charge is 0.441 e. The van der Waals surface area contributed by atoms with E-state index in [4.69, 9.17) is 9.15 Å². The minimum atomic E-state index is -3.50. The second kappa shape index (κ2) is 5.59. The number of hydrogen-bond acceptors (Lipinski definition) is 5. The van der Waals surface area contributed by atoms with Gasteiger partial charge in [0, 0.05) is 6.61 Å². The van der Waals surface area contributed by atoms with Crippen LogP contribution in [0.4, 0.5) is 0 Å². The molecule has 0 radical (unpaired) electrons. The smallest absolute Gasteiger partial charge is 0.243 e. The third-order valence-corrected chi connectivity index (χ3v) is 5.09. The molecule has 2 heterocycles. The van der Waals surface area contributed by atoms with E-state index in [-0.39, 0.29) is 18.0 Å². The van der Waals surface area contributed by atoms with Crippen molar-refractivity contribution >= 4 is 10.0 Å². The molecule has 2 aromatic rings. The highest BCUT2D eigenvalue weighted by Gasteiger charge is 2.34. The van der Waals surface area contributed by atoms with Crippen molar-refractivity contribution < 1.29 is 17.6 Å². The number of hydrogen-bond donors (Lipinski definition) is 0. The molecule has 3 rings (SSSR count). The maximum Gasteiger partial charge on any atom is 0.243 e. The van der Waals surface area contributed by atoms with Crippen LogP contribution in [0.2, 0.25) is 0 Å². The first-order valence-electron chi connectivity index (χ1n) is 6.71. The van der Waals surface area contributed by atoms with E-state index in [0.29, 0.717) is 30.6 Å². The summed E-state index contributed by atoms with van der Waals surface area (Å²) < 4.78 is 37.1. The molecular weight excluding hydrogens is 292 g/mol. The fourth-order valence-electron chi connectivity index (χ4n) is 2.23. The van der Waals surface area contributed by atoms with Crippen molar-refractivity contribution in [1.29, 1.82) is 0 Å². The lowest BCUT2D eigenvalue weighted by Gasteiger charge is -2.15. The molecule has 0 N–H and O–H groups in total. The van der Waals surface area contributed by atoms with Crippen molar-refractivity contribution in [1.82, 2.24) is 9.29 Å². The van der Waals surface area contributed by atoms with Crippen LogP contribution in [0, 0.1) is 0 Å². The molecule has 7 heteroatoms. The number of rotatable bonds is 5. The van der Waals surface area contributed by atoms with Gasteiger partial charge in [0.25, 0.3) is 0 Å². The zero-order valence-corrected chi connectivity index (χ0v) is 12.5. The molecule has 1 aliphatic heterocycles. The van der Waals surface area contributed by atoms with E-state index in [1.165, 1.54) is 4.31 Å². The van der Waals surface area contributed by atoms with Crippen LogP contribution in [0.3, 0.4) is 0 Å². The lowest BCUT2D eigenvalue weighted by molar-refractivity contribution is 0.112. The third kappa shape index (κ3) is 2.72. The molecule has 1 aliphatic rings. The first-order valence-corrected chi connectivity index (χ1v) is 8.15. The molecule has 0 fully saturated rings. The fraction of sp³-hybridized carbons (Fsp3) is 0.357. The van der Waals surface area contributed by atoms with Gasteiger partial charge in [0.05, 0.1) is 23.7 Å². The van der Waals surface area contributed by atoms with E-state index in [9.17, 15) is 8.42 Å². The molecule has 112 valence electrons. The van der Waals surface area contributed by atoms with Crippen LogP contribution >= 0.6 is 0 Å². The molecule has 0 amide bonds. The average Bonchev–Trinajstić information content (AvgIpc) is 3.04. The predicted octanol–water partition coefficient (Wildman–Crippen LogP) is 1.92. The van der Waals surface area contributed by atoms with Gasteiger partial charge in [-0.25, -0.2) is 13.4 Å². The highest BCUT2D eigenvalue weighted by molar-refractivity contribution is 7.89. The molecule has 0 atom stereocenters. The highest BCUT2D eigenvalue weighted by Crippen LogP contribution is 2.29. The summed E-state index contributed by atoms with van der Waals surface area (Å²) in [6.07, 6.45) is 0. The summed E-state index contributed by atoms with van der Waals surface area (Å²) in [4.78, 5) is 4.57. The van der Waals surface area contributed by atoms with Crippen LogP contribution in [0.25, 0.3) is 0 Å². The number of benzene rings is 1. The van der Waals surface area contributed by atoms with Gasteiger partial charge in [0.1, 0.15) is 12.4 Å².